The number of nitrogens with zero attached hydrogens (tertiary/aromatic N) is 1. The van der Waals surface area contributed by atoms with Crippen LogP contribution in [0, 0.1) is 0 Å². The molecule has 2 atom stereocenters. The van der Waals surface area contributed by atoms with Gasteiger partial charge in [-0.2, -0.15) is 9.90 Å². The second kappa shape index (κ2) is 4.68. The highest BCUT2D eigenvalue weighted by molar-refractivity contribution is 6.92. The van der Waals surface area contributed by atoms with Crippen molar-refractivity contribution in [2.24, 2.45) is 0 Å². The summed E-state index contributed by atoms with van der Waals surface area (Å²) in [5.41, 5.74) is -0.708. The molecule has 1 N–H and O–H groups in total. The summed E-state index contributed by atoms with van der Waals surface area (Å²) >= 11 is 0. The largest absolute Gasteiger partial charge is 0.480 e. The number of rotatable bonds is 3. The van der Waals surface area contributed by atoms with Crippen molar-refractivity contribution in [3.63, 3.8) is 0 Å². The van der Waals surface area contributed by atoms with Crippen molar-refractivity contribution in [1.82, 2.24) is 4.90 Å². The van der Waals surface area contributed by atoms with Crippen LogP contribution >= 0.6 is 9.90 Å². The Morgan fingerprint density at radius 2 is 1.91 bits per heavy atom. The molecule has 0 spiro atoms. The van der Waals surface area contributed by atoms with E-state index in [9.17, 15) is 4.79 Å². The first-order chi connectivity index (χ1) is 4.45. The van der Waals surface area contributed by atoms with Crippen molar-refractivity contribution in [2.75, 3.05) is 14.1 Å². The second-order valence-corrected chi connectivity index (χ2v) is 2.83. The fraction of sp³-hybridized carbons (Fsp3) is 0.857. The Hall–Kier alpha value is -0.140. The van der Waals surface area contributed by atoms with Gasteiger partial charge in [0, 0.05) is 0 Å². The van der Waals surface area contributed by atoms with E-state index in [1.54, 1.807) is 25.9 Å². The van der Waals surface area contributed by atoms with Crippen LogP contribution in [0.2, 0.25) is 0 Å². The fourth-order valence-corrected chi connectivity index (χ4v) is 0.659. The summed E-state index contributed by atoms with van der Waals surface area (Å²) in [4.78, 5) is 12.4. The highest BCUT2D eigenvalue weighted by Gasteiger charge is 2.32. The van der Waals surface area contributed by atoms with Crippen LogP contribution in [0.1, 0.15) is 20.3 Å². The molecular formula is C7H18NO2P. The van der Waals surface area contributed by atoms with Crippen molar-refractivity contribution in [3.8, 4) is 0 Å². The molecular weight excluding hydrogens is 161 g/mol. The summed E-state index contributed by atoms with van der Waals surface area (Å²) < 4.78 is 0. The topological polar surface area (TPSA) is 40.5 Å². The minimum Gasteiger partial charge on any atom is -0.480 e. The third-order valence-electron chi connectivity index (χ3n) is 2.14. The summed E-state index contributed by atoms with van der Waals surface area (Å²) in [6.07, 6.45) is 0.620. The van der Waals surface area contributed by atoms with Crippen LogP contribution < -0.4 is 0 Å². The summed E-state index contributed by atoms with van der Waals surface area (Å²) in [6, 6.07) is 0. The van der Waals surface area contributed by atoms with E-state index in [0.29, 0.717) is 6.42 Å². The number of hydrogen-bond donors (Lipinski definition) is 1. The van der Waals surface area contributed by atoms with Gasteiger partial charge in [-0.15, -0.1) is 0 Å². The highest BCUT2D eigenvalue weighted by atomic mass is 31.0. The van der Waals surface area contributed by atoms with Crippen molar-refractivity contribution < 1.29 is 9.90 Å². The van der Waals surface area contributed by atoms with Crippen LogP contribution in [-0.4, -0.2) is 35.6 Å². The molecule has 2 unspecified atom stereocenters. The number of carboxylic acids is 1. The first-order valence-electron chi connectivity index (χ1n) is 3.36. The SMILES string of the molecule is CCC(C)(C(=O)O)N(C)C.P. The summed E-state index contributed by atoms with van der Waals surface area (Å²) in [6.45, 7) is 3.59. The predicted molar refractivity (Wildman–Crippen MR) is 51.1 cm³/mol. The third kappa shape index (κ3) is 2.76. The van der Waals surface area contributed by atoms with Crippen LogP contribution in [0.5, 0.6) is 0 Å². The molecule has 0 saturated carbocycles. The minimum absolute atomic E-state index is 0. The molecule has 0 aromatic heterocycles. The van der Waals surface area contributed by atoms with Crippen LogP contribution in [0.4, 0.5) is 0 Å². The molecule has 3 nitrogen and oxygen atoms in total. The maximum atomic E-state index is 10.7. The molecule has 0 aliphatic carbocycles. The molecule has 0 aromatic carbocycles. The average molecular weight is 179 g/mol. The van der Waals surface area contributed by atoms with Gasteiger partial charge in [0.25, 0.3) is 0 Å². The molecule has 4 heteroatoms. The summed E-state index contributed by atoms with van der Waals surface area (Å²) in [7, 11) is 3.55. The van der Waals surface area contributed by atoms with E-state index in [1.807, 2.05) is 6.92 Å². The van der Waals surface area contributed by atoms with Gasteiger partial charge in [0.05, 0.1) is 0 Å². The molecule has 0 bridgehead atoms. The van der Waals surface area contributed by atoms with E-state index in [2.05, 4.69) is 0 Å². The Morgan fingerprint density at radius 3 is 1.91 bits per heavy atom. The maximum Gasteiger partial charge on any atom is 0.323 e. The van der Waals surface area contributed by atoms with Gasteiger partial charge in [-0.05, 0) is 27.4 Å². The number of hydrogen-bond acceptors (Lipinski definition) is 2. The number of carboxylic acid groups (broad SMARTS) is 1. The van der Waals surface area contributed by atoms with Crippen LogP contribution in [0.3, 0.4) is 0 Å². The minimum atomic E-state index is -0.764. The molecule has 0 aliphatic rings. The van der Waals surface area contributed by atoms with E-state index in [4.69, 9.17) is 5.11 Å². The standard InChI is InChI=1S/C7H15NO2.H3P/c1-5-7(2,6(9)10)8(3)4;/h5H2,1-4H3,(H,9,10);1H3. The number of aliphatic carboxylic acids is 1. The van der Waals surface area contributed by atoms with Crippen LogP contribution in [-0.2, 0) is 4.79 Å². The van der Waals surface area contributed by atoms with E-state index in [1.165, 1.54) is 0 Å². The van der Waals surface area contributed by atoms with Crippen molar-refractivity contribution in [1.29, 1.82) is 0 Å². The van der Waals surface area contributed by atoms with E-state index >= 15 is 0 Å². The van der Waals surface area contributed by atoms with Gasteiger partial charge in [-0.1, -0.05) is 6.92 Å². The van der Waals surface area contributed by atoms with E-state index in [0.717, 1.165) is 0 Å². The zero-order chi connectivity index (χ0) is 8.36. The predicted octanol–water partition coefficient (Wildman–Crippen LogP) is 0.859. The Balaban J connectivity index is 0. The first-order valence-corrected chi connectivity index (χ1v) is 3.36. The molecule has 0 amide bonds. The molecule has 0 aromatic rings. The summed E-state index contributed by atoms with van der Waals surface area (Å²) in [5, 5.41) is 8.76. The van der Waals surface area contributed by atoms with Gasteiger partial charge in [0.15, 0.2) is 0 Å². The lowest BCUT2D eigenvalue weighted by molar-refractivity contribution is -0.149. The molecule has 0 radical (unpaired) electrons. The van der Waals surface area contributed by atoms with Crippen molar-refractivity contribution >= 4 is 15.9 Å². The van der Waals surface area contributed by atoms with E-state index in [-0.39, 0.29) is 9.90 Å². The zero-order valence-electron chi connectivity index (χ0n) is 7.72. The second-order valence-electron chi connectivity index (χ2n) is 2.83. The normalized spacial score (nSPS) is 15.4. The molecule has 11 heavy (non-hydrogen) atoms. The molecule has 68 valence electrons. The Kier molecular flexibility index (Phi) is 5.72. The lowest BCUT2D eigenvalue weighted by Crippen LogP contribution is -2.47. The quantitative estimate of drug-likeness (QED) is 0.653. The highest BCUT2D eigenvalue weighted by Crippen LogP contribution is 2.15. The first kappa shape index (κ1) is 13.4. The smallest absolute Gasteiger partial charge is 0.323 e. The Labute approximate surface area is 71.4 Å². The molecule has 0 fully saturated rings. The van der Waals surface area contributed by atoms with Crippen LogP contribution in [0.15, 0.2) is 0 Å². The zero-order valence-corrected chi connectivity index (χ0v) is 9.13. The summed E-state index contributed by atoms with van der Waals surface area (Å²) in [5.74, 6) is -0.764. The third-order valence-corrected chi connectivity index (χ3v) is 2.14. The molecule has 0 rings (SSSR count). The van der Waals surface area contributed by atoms with Gasteiger partial charge in [-0.3, -0.25) is 9.69 Å². The van der Waals surface area contributed by atoms with Gasteiger partial charge >= 0.3 is 5.97 Å². The van der Waals surface area contributed by atoms with Crippen molar-refractivity contribution in [3.05, 3.63) is 0 Å². The van der Waals surface area contributed by atoms with Gasteiger partial charge in [-0.25, -0.2) is 0 Å². The monoisotopic (exact) mass is 179 g/mol. The van der Waals surface area contributed by atoms with Gasteiger partial charge in [0.1, 0.15) is 5.54 Å². The number of carbonyl (C=O) groups is 1. The number of likely N-dealkylation sites (N-methyl/N-ethyl adjacent to an activating group) is 1. The fourth-order valence-electron chi connectivity index (χ4n) is 0.659. The maximum absolute atomic E-state index is 10.7. The van der Waals surface area contributed by atoms with Crippen LogP contribution in [0.25, 0.3) is 0 Å². The Bertz CT molecular complexity index is 138. The van der Waals surface area contributed by atoms with E-state index < -0.39 is 11.5 Å². The molecule has 0 heterocycles. The average Bonchev–Trinajstić information content (AvgIpc) is 1.85. The van der Waals surface area contributed by atoms with Gasteiger partial charge < -0.3 is 5.11 Å². The van der Waals surface area contributed by atoms with Gasteiger partial charge in [0.2, 0.25) is 0 Å². The lowest BCUT2D eigenvalue weighted by atomic mass is 9.98. The van der Waals surface area contributed by atoms with Crippen molar-refractivity contribution in [2.45, 2.75) is 25.8 Å². The molecule has 0 saturated heterocycles. The lowest BCUT2D eigenvalue weighted by Gasteiger charge is -2.30. The molecule has 0 aliphatic heterocycles. The Morgan fingerprint density at radius 1 is 1.55 bits per heavy atom.